The van der Waals surface area contributed by atoms with E-state index in [0.717, 1.165) is 100 Å². The molecule has 0 aliphatic heterocycles. The molecule has 56 heavy (non-hydrogen) atoms. The molecule has 11 aromatic rings. The van der Waals surface area contributed by atoms with Gasteiger partial charge in [0.25, 0.3) is 0 Å². The molecule has 7 aromatic carbocycles. The van der Waals surface area contributed by atoms with Crippen LogP contribution in [0.1, 0.15) is 0 Å². The summed E-state index contributed by atoms with van der Waals surface area (Å²) in [7, 11) is 0. The largest absolute Gasteiger partial charge is 0.453 e. The first-order valence-electron chi connectivity index (χ1n) is 18.8. The fourth-order valence-corrected chi connectivity index (χ4v) is 7.93. The molecule has 0 radical (unpaired) electrons. The van der Waals surface area contributed by atoms with Crippen molar-refractivity contribution < 1.29 is 4.42 Å². The van der Waals surface area contributed by atoms with Crippen molar-refractivity contribution in [3.63, 3.8) is 0 Å². The molecule has 0 saturated heterocycles. The second kappa shape index (κ2) is 13.0. The maximum absolute atomic E-state index is 7.03. The van der Waals surface area contributed by atoms with Crippen molar-refractivity contribution in [2.45, 2.75) is 0 Å². The van der Waals surface area contributed by atoms with Gasteiger partial charge in [-0.2, -0.15) is 0 Å². The quantitative estimate of drug-likeness (QED) is 0.172. The van der Waals surface area contributed by atoms with Gasteiger partial charge < -0.3 is 8.98 Å². The topological polar surface area (TPSA) is 56.7 Å². The molecule has 4 heterocycles. The SMILES string of the molecule is c1ccc(-c2cc(-c3ccc(-c4ccc5c(c4)c4oc6c7ccccc7nc(-c7ccccc7)c6c4n5-c4ccccc4)cc3)nc(-c3ccccc3)n2)cc1. The van der Waals surface area contributed by atoms with Crippen LogP contribution in [-0.2, 0) is 0 Å². The highest BCUT2D eigenvalue weighted by Crippen LogP contribution is 2.45. The highest BCUT2D eigenvalue weighted by atomic mass is 16.3. The second-order valence-electron chi connectivity index (χ2n) is 14.0. The van der Waals surface area contributed by atoms with Crippen molar-refractivity contribution in [2.75, 3.05) is 0 Å². The van der Waals surface area contributed by atoms with E-state index >= 15 is 0 Å². The minimum Gasteiger partial charge on any atom is -0.453 e. The Morgan fingerprint density at radius 2 is 0.946 bits per heavy atom. The lowest BCUT2D eigenvalue weighted by molar-refractivity contribution is 0.676. The number of hydrogen-bond acceptors (Lipinski definition) is 4. The third kappa shape index (κ3) is 5.29. The molecule has 5 heteroatoms. The Morgan fingerprint density at radius 1 is 0.393 bits per heavy atom. The summed E-state index contributed by atoms with van der Waals surface area (Å²) in [5, 5.41) is 3.04. The number of rotatable bonds is 6. The predicted octanol–water partition coefficient (Wildman–Crippen LogP) is 13.2. The molecule has 11 rings (SSSR count). The Labute approximate surface area is 322 Å². The van der Waals surface area contributed by atoms with Gasteiger partial charge in [-0.1, -0.05) is 152 Å². The maximum Gasteiger partial charge on any atom is 0.161 e. The van der Waals surface area contributed by atoms with E-state index in [1.165, 1.54) is 0 Å². The van der Waals surface area contributed by atoms with Crippen LogP contribution in [0.3, 0.4) is 0 Å². The molecule has 0 spiro atoms. The van der Waals surface area contributed by atoms with Crippen molar-refractivity contribution in [3.05, 3.63) is 194 Å². The standard InChI is InChI=1S/C51H32N4O/c1-5-15-34(16-6-1)43-32-44(54-51(53-43)37-19-9-3-10-20-37)35-27-25-33(26-28-35)38-29-30-45-41(31-38)50-48(55(45)39-21-11-4-12-22-39)46-47(36-17-7-2-8-18-36)52-42-24-14-13-23-40(42)49(46)56-50/h1-32H. The molecular weight excluding hydrogens is 685 g/mol. The molecule has 0 N–H and O–H groups in total. The molecule has 0 bridgehead atoms. The molecule has 0 saturated carbocycles. The Hall–Kier alpha value is -7.63. The first-order valence-corrected chi connectivity index (χ1v) is 18.8. The minimum atomic E-state index is 0.702. The maximum atomic E-state index is 7.03. The molecule has 0 amide bonds. The third-order valence-electron chi connectivity index (χ3n) is 10.6. The van der Waals surface area contributed by atoms with Crippen LogP contribution in [0.15, 0.2) is 199 Å². The zero-order chi connectivity index (χ0) is 37.0. The summed E-state index contributed by atoms with van der Waals surface area (Å²) in [4.78, 5) is 15.3. The summed E-state index contributed by atoms with van der Waals surface area (Å²) >= 11 is 0. The molecule has 0 fully saturated rings. The van der Waals surface area contributed by atoms with E-state index in [1.807, 2.05) is 48.5 Å². The fourth-order valence-electron chi connectivity index (χ4n) is 7.93. The normalized spacial score (nSPS) is 11.6. The van der Waals surface area contributed by atoms with Crippen LogP contribution in [-0.4, -0.2) is 19.5 Å². The summed E-state index contributed by atoms with van der Waals surface area (Å²) in [5.74, 6) is 0.702. The van der Waals surface area contributed by atoms with Crippen LogP contribution in [0.25, 0.3) is 106 Å². The van der Waals surface area contributed by atoms with Gasteiger partial charge in [-0.05, 0) is 53.6 Å². The van der Waals surface area contributed by atoms with Crippen molar-refractivity contribution in [2.24, 2.45) is 0 Å². The molecule has 0 unspecified atom stereocenters. The Bertz CT molecular complexity index is 3150. The van der Waals surface area contributed by atoms with E-state index in [4.69, 9.17) is 19.4 Å². The molecule has 5 nitrogen and oxygen atoms in total. The van der Waals surface area contributed by atoms with Gasteiger partial charge >= 0.3 is 0 Å². The van der Waals surface area contributed by atoms with Crippen LogP contribution in [0.4, 0.5) is 0 Å². The van der Waals surface area contributed by atoms with Gasteiger partial charge in [-0.25, -0.2) is 15.0 Å². The Morgan fingerprint density at radius 3 is 1.64 bits per heavy atom. The van der Waals surface area contributed by atoms with E-state index in [2.05, 4.69) is 150 Å². The van der Waals surface area contributed by atoms with Crippen LogP contribution < -0.4 is 0 Å². The molecular formula is C51H32N4O. The van der Waals surface area contributed by atoms with E-state index in [0.29, 0.717) is 5.82 Å². The fraction of sp³-hybridized carbons (Fsp3) is 0. The number of fused-ring (bicyclic) bond motifs is 7. The zero-order valence-electron chi connectivity index (χ0n) is 30.2. The van der Waals surface area contributed by atoms with Crippen molar-refractivity contribution in [1.29, 1.82) is 0 Å². The summed E-state index contributed by atoms with van der Waals surface area (Å²) in [5.41, 5.74) is 14.7. The highest BCUT2D eigenvalue weighted by molar-refractivity contribution is 6.24. The number of nitrogens with zero attached hydrogens (tertiary/aromatic N) is 4. The van der Waals surface area contributed by atoms with Crippen LogP contribution in [0, 0.1) is 0 Å². The summed E-state index contributed by atoms with van der Waals surface area (Å²) in [6.07, 6.45) is 0. The van der Waals surface area contributed by atoms with Gasteiger partial charge in [-0.15, -0.1) is 0 Å². The zero-order valence-corrected chi connectivity index (χ0v) is 30.2. The smallest absolute Gasteiger partial charge is 0.161 e. The summed E-state index contributed by atoms with van der Waals surface area (Å²) < 4.78 is 9.36. The molecule has 0 aliphatic carbocycles. The number of benzene rings is 7. The Kier molecular flexibility index (Phi) is 7.42. The van der Waals surface area contributed by atoms with E-state index < -0.39 is 0 Å². The molecule has 0 aliphatic rings. The van der Waals surface area contributed by atoms with Crippen LogP contribution in [0.5, 0.6) is 0 Å². The molecule has 4 aromatic heterocycles. The van der Waals surface area contributed by atoms with Gasteiger partial charge in [0, 0.05) is 38.7 Å². The average molecular weight is 717 g/mol. The van der Waals surface area contributed by atoms with Crippen LogP contribution in [0.2, 0.25) is 0 Å². The summed E-state index contributed by atoms with van der Waals surface area (Å²) in [6.45, 7) is 0. The first-order chi connectivity index (χ1) is 27.8. The molecule has 0 atom stereocenters. The first kappa shape index (κ1) is 31.9. The number of hydrogen-bond donors (Lipinski definition) is 0. The van der Waals surface area contributed by atoms with Gasteiger partial charge in [0.15, 0.2) is 11.4 Å². The monoisotopic (exact) mass is 716 g/mol. The van der Waals surface area contributed by atoms with Gasteiger partial charge in [0.2, 0.25) is 0 Å². The van der Waals surface area contributed by atoms with Crippen molar-refractivity contribution in [1.82, 2.24) is 19.5 Å². The lowest BCUT2D eigenvalue weighted by Gasteiger charge is -2.11. The lowest BCUT2D eigenvalue weighted by Crippen LogP contribution is -1.96. The highest BCUT2D eigenvalue weighted by Gasteiger charge is 2.25. The van der Waals surface area contributed by atoms with Gasteiger partial charge in [0.1, 0.15) is 11.1 Å². The number of pyridine rings is 1. The van der Waals surface area contributed by atoms with Gasteiger partial charge in [-0.3, -0.25) is 0 Å². The average Bonchev–Trinajstić information content (AvgIpc) is 3.82. The van der Waals surface area contributed by atoms with E-state index in [1.54, 1.807) is 0 Å². The third-order valence-corrected chi connectivity index (χ3v) is 10.6. The second-order valence-corrected chi connectivity index (χ2v) is 14.0. The van der Waals surface area contributed by atoms with Gasteiger partial charge in [0.05, 0.1) is 33.5 Å². The number of furan rings is 1. The van der Waals surface area contributed by atoms with E-state index in [-0.39, 0.29) is 0 Å². The number of para-hydroxylation sites is 2. The van der Waals surface area contributed by atoms with Crippen molar-refractivity contribution >= 4 is 43.9 Å². The minimum absolute atomic E-state index is 0.702. The van der Waals surface area contributed by atoms with E-state index in [9.17, 15) is 0 Å². The predicted molar refractivity (Wildman–Crippen MR) is 229 cm³/mol. The summed E-state index contributed by atoms with van der Waals surface area (Å²) in [6, 6.07) is 67.1. The molecule has 262 valence electrons. The van der Waals surface area contributed by atoms with Crippen molar-refractivity contribution in [3.8, 4) is 62.0 Å². The number of aromatic nitrogens is 4. The Balaban J connectivity index is 1.09. The lowest BCUT2D eigenvalue weighted by atomic mass is 10.0. The van der Waals surface area contributed by atoms with Crippen LogP contribution >= 0.6 is 0 Å².